The van der Waals surface area contributed by atoms with Crippen LogP contribution in [0.2, 0.25) is 0 Å². The van der Waals surface area contributed by atoms with Crippen LogP contribution >= 0.6 is 0 Å². The second-order valence-electron chi connectivity index (χ2n) is 0.711. The molecular formula is C3H6BO2. The fourth-order valence-corrected chi connectivity index (χ4v) is 0.114. The molecule has 0 aromatic heterocycles. The molecule has 0 saturated heterocycles. The van der Waals surface area contributed by atoms with Gasteiger partial charge in [0.1, 0.15) is 0 Å². The number of rotatable bonds is 2. The maximum absolute atomic E-state index is 7.80. The second-order valence-corrected chi connectivity index (χ2v) is 0.711. The molecule has 0 heterocycles. The van der Waals surface area contributed by atoms with Crippen molar-refractivity contribution in [2.24, 2.45) is 0 Å². The zero-order valence-electron chi connectivity index (χ0n) is 3.59. The molecule has 0 atom stereocenters. The molecule has 0 aliphatic carbocycles. The van der Waals surface area contributed by atoms with Gasteiger partial charge in [-0.1, -0.05) is 6.08 Å². The molecule has 0 bridgehead atoms. The van der Waals surface area contributed by atoms with Gasteiger partial charge in [-0.2, -0.15) is 0 Å². The standard InChI is InChI=1S/C3H6BO2/c1-2-3-6-4-5/h2-3,5H,1H3/b3-2+. The lowest BCUT2D eigenvalue weighted by molar-refractivity contribution is 0.406. The van der Waals surface area contributed by atoms with Gasteiger partial charge in [0.2, 0.25) is 0 Å². The Morgan fingerprint density at radius 2 is 2.50 bits per heavy atom. The maximum Gasteiger partial charge on any atom is 0.568 e. The van der Waals surface area contributed by atoms with Crippen molar-refractivity contribution in [2.45, 2.75) is 6.92 Å². The lowest BCUT2D eigenvalue weighted by Gasteiger charge is -1.82. The predicted molar refractivity (Wildman–Crippen MR) is 23.9 cm³/mol. The molecule has 0 aromatic rings. The van der Waals surface area contributed by atoms with E-state index in [0.29, 0.717) is 7.69 Å². The maximum atomic E-state index is 7.80. The summed E-state index contributed by atoms with van der Waals surface area (Å²) in [5.41, 5.74) is 0. The normalized spacial score (nSPS) is 9.00. The topological polar surface area (TPSA) is 29.5 Å². The first-order valence-electron chi connectivity index (χ1n) is 1.64. The molecule has 0 aromatic carbocycles. The number of hydrogen-bond donors (Lipinski definition) is 1. The van der Waals surface area contributed by atoms with E-state index in [1.54, 1.807) is 13.0 Å². The van der Waals surface area contributed by atoms with Crippen LogP contribution in [0.4, 0.5) is 0 Å². The molecule has 0 fully saturated rings. The highest BCUT2D eigenvalue weighted by atomic mass is 16.5. The average molecular weight is 84.9 g/mol. The lowest BCUT2D eigenvalue weighted by Crippen LogP contribution is -1.86. The molecule has 6 heavy (non-hydrogen) atoms. The fourth-order valence-electron chi connectivity index (χ4n) is 0.114. The smallest absolute Gasteiger partial charge is 0.544 e. The van der Waals surface area contributed by atoms with E-state index < -0.39 is 0 Å². The quantitative estimate of drug-likeness (QED) is 0.379. The van der Waals surface area contributed by atoms with Gasteiger partial charge in [0.05, 0.1) is 6.26 Å². The third kappa shape index (κ3) is 3.56. The average Bonchev–Trinajstić information content (AvgIpc) is 1.61. The van der Waals surface area contributed by atoms with Crippen LogP contribution < -0.4 is 0 Å². The molecule has 0 rings (SSSR count). The van der Waals surface area contributed by atoms with Crippen molar-refractivity contribution in [3.8, 4) is 0 Å². The molecular weight excluding hydrogens is 78.8 g/mol. The van der Waals surface area contributed by atoms with E-state index in [1.807, 2.05) is 0 Å². The van der Waals surface area contributed by atoms with E-state index in [-0.39, 0.29) is 0 Å². The van der Waals surface area contributed by atoms with Gasteiger partial charge in [-0.05, 0) is 6.92 Å². The first kappa shape index (κ1) is 5.56. The van der Waals surface area contributed by atoms with Crippen molar-refractivity contribution in [1.29, 1.82) is 0 Å². The highest BCUT2D eigenvalue weighted by molar-refractivity contribution is 6.16. The van der Waals surface area contributed by atoms with Crippen LogP contribution in [0, 0.1) is 0 Å². The SMILES string of the molecule is C/C=C/O[B]O. The molecule has 0 saturated carbocycles. The Bertz CT molecular complexity index is 44.1. The first-order chi connectivity index (χ1) is 2.91. The molecule has 0 unspecified atom stereocenters. The highest BCUT2D eigenvalue weighted by Gasteiger charge is 1.72. The van der Waals surface area contributed by atoms with Gasteiger partial charge in [0.15, 0.2) is 0 Å². The molecule has 0 amide bonds. The summed E-state index contributed by atoms with van der Waals surface area (Å²) < 4.78 is 4.23. The molecule has 3 heteroatoms. The van der Waals surface area contributed by atoms with Crippen molar-refractivity contribution < 1.29 is 9.68 Å². The van der Waals surface area contributed by atoms with E-state index >= 15 is 0 Å². The highest BCUT2D eigenvalue weighted by Crippen LogP contribution is 1.67. The Hall–Kier alpha value is -0.435. The van der Waals surface area contributed by atoms with E-state index in [1.165, 1.54) is 6.26 Å². The minimum atomic E-state index is 0.625. The van der Waals surface area contributed by atoms with Crippen LogP contribution in [-0.4, -0.2) is 12.7 Å². The summed E-state index contributed by atoms with van der Waals surface area (Å²) in [6.45, 7) is 1.80. The first-order valence-corrected chi connectivity index (χ1v) is 1.64. The van der Waals surface area contributed by atoms with Crippen molar-refractivity contribution in [3.63, 3.8) is 0 Å². The minimum absolute atomic E-state index is 0.625. The van der Waals surface area contributed by atoms with Crippen molar-refractivity contribution in [2.75, 3.05) is 0 Å². The summed E-state index contributed by atoms with van der Waals surface area (Å²) in [6.07, 6.45) is 3.05. The zero-order chi connectivity index (χ0) is 4.83. The third-order valence-corrected chi connectivity index (χ3v) is 0.276. The Balaban J connectivity index is 2.66. The second kappa shape index (κ2) is 4.56. The van der Waals surface area contributed by atoms with Gasteiger partial charge in [0.25, 0.3) is 0 Å². The third-order valence-electron chi connectivity index (χ3n) is 0.276. The largest absolute Gasteiger partial charge is 0.568 e. The van der Waals surface area contributed by atoms with Crippen LogP contribution in [0.3, 0.4) is 0 Å². The monoisotopic (exact) mass is 85.0 g/mol. The van der Waals surface area contributed by atoms with Crippen LogP contribution in [0.25, 0.3) is 0 Å². The molecule has 33 valence electrons. The van der Waals surface area contributed by atoms with Crippen LogP contribution in [0.15, 0.2) is 12.3 Å². The number of allylic oxidation sites excluding steroid dienone is 1. The van der Waals surface area contributed by atoms with Gasteiger partial charge in [0, 0.05) is 0 Å². The van der Waals surface area contributed by atoms with Gasteiger partial charge in [-0.15, -0.1) is 0 Å². The van der Waals surface area contributed by atoms with E-state index in [0.717, 1.165) is 0 Å². The van der Waals surface area contributed by atoms with E-state index in [2.05, 4.69) is 4.65 Å². The molecule has 1 N–H and O–H groups in total. The van der Waals surface area contributed by atoms with Gasteiger partial charge in [-0.3, -0.25) is 0 Å². The summed E-state index contributed by atoms with van der Waals surface area (Å²) in [5.74, 6) is 0. The molecule has 2 nitrogen and oxygen atoms in total. The van der Waals surface area contributed by atoms with Crippen molar-refractivity contribution in [3.05, 3.63) is 12.3 Å². The van der Waals surface area contributed by atoms with E-state index in [4.69, 9.17) is 5.02 Å². The number of hydrogen-bond acceptors (Lipinski definition) is 2. The molecule has 1 radical (unpaired) electrons. The summed E-state index contributed by atoms with van der Waals surface area (Å²) in [4.78, 5) is 0. The Kier molecular flexibility index (Phi) is 4.23. The van der Waals surface area contributed by atoms with Crippen LogP contribution in [0.5, 0.6) is 0 Å². The summed E-state index contributed by atoms with van der Waals surface area (Å²) in [5, 5.41) is 7.80. The van der Waals surface area contributed by atoms with Gasteiger partial charge >= 0.3 is 7.69 Å². The summed E-state index contributed by atoms with van der Waals surface area (Å²) in [6, 6.07) is 0. The molecule has 0 aliphatic rings. The lowest BCUT2D eigenvalue weighted by atomic mass is 10.4. The Morgan fingerprint density at radius 3 is 2.67 bits per heavy atom. The van der Waals surface area contributed by atoms with E-state index in [9.17, 15) is 0 Å². The molecule has 0 spiro atoms. The predicted octanol–water partition coefficient (Wildman–Crippen LogP) is 0.0631. The fraction of sp³-hybridized carbons (Fsp3) is 0.333. The summed E-state index contributed by atoms with van der Waals surface area (Å²) in [7, 11) is 0.625. The van der Waals surface area contributed by atoms with Crippen molar-refractivity contribution >= 4 is 7.69 Å². The Morgan fingerprint density at radius 1 is 1.83 bits per heavy atom. The van der Waals surface area contributed by atoms with Crippen LogP contribution in [0.1, 0.15) is 6.92 Å². The zero-order valence-corrected chi connectivity index (χ0v) is 3.59. The summed E-state index contributed by atoms with van der Waals surface area (Å²) >= 11 is 0. The minimum Gasteiger partial charge on any atom is -0.544 e. The molecule has 0 aliphatic heterocycles. The van der Waals surface area contributed by atoms with Crippen molar-refractivity contribution in [1.82, 2.24) is 0 Å². The van der Waals surface area contributed by atoms with Crippen LogP contribution in [-0.2, 0) is 4.65 Å². The van der Waals surface area contributed by atoms with Gasteiger partial charge < -0.3 is 9.68 Å². The Labute approximate surface area is 37.7 Å². The van der Waals surface area contributed by atoms with Gasteiger partial charge in [-0.25, -0.2) is 0 Å².